The predicted molar refractivity (Wildman–Crippen MR) is 130 cm³/mol. The molecule has 1 saturated carbocycles. The van der Waals surface area contributed by atoms with Crippen molar-refractivity contribution in [2.75, 3.05) is 6.54 Å². The normalized spacial score (nSPS) is 14.8. The molecule has 3 aromatic rings. The quantitative estimate of drug-likeness (QED) is 0.479. The van der Waals surface area contributed by atoms with Gasteiger partial charge in [-0.3, -0.25) is 14.4 Å². The number of rotatable bonds is 9. The standard InChI is InChI=1S/C26H29N3O4S/c30-23(17-27-25(31)22-14-8-16-34-22)29(18-21-13-7-15-33-21)24(19-9-3-1-4-10-19)26(32)28-20-11-5-2-6-12-20/h1,3-4,7-10,13-16,20,24H,2,5-6,11-12,17-18H2,(H,27,31)(H,28,32)/t24-/m0/s1. The van der Waals surface area contributed by atoms with Crippen molar-refractivity contribution in [3.63, 3.8) is 0 Å². The zero-order valence-electron chi connectivity index (χ0n) is 18.9. The van der Waals surface area contributed by atoms with E-state index >= 15 is 0 Å². The van der Waals surface area contributed by atoms with Gasteiger partial charge in [0.15, 0.2) is 0 Å². The molecular weight excluding hydrogens is 450 g/mol. The maximum absolute atomic E-state index is 13.6. The smallest absolute Gasteiger partial charge is 0.261 e. The molecule has 1 fully saturated rings. The Balaban J connectivity index is 1.58. The highest BCUT2D eigenvalue weighted by Crippen LogP contribution is 2.26. The number of amides is 3. The van der Waals surface area contributed by atoms with E-state index in [0.29, 0.717) is 16.2 Å². The lowest BCUT2D eigenvalue weighted by Crippen LogP contribution is -2.49. The largest absolute Gasteiger partial charge is 0.467 e. The minimum absolute atomic E-state index is 0.103. The molecule has 0 spiro atoms. The van der Waals surface area contributed by atoms with Crippen LogP contribution < -0.4 is 10.6 Å². The first-order valence-electron chi connectivity index (χ1n) is 11.6. The number of nitrogens with one attached hydrogen (secondary N) is 2. The molecule has 1 aliphatic rings. The number of hydrogen-bond donors (Lipinski definition) is 2. The first-order valence-corrected chi connectivity index (χ1v) is 12.5. The van der Waals surface area contributed by atoms with E-state index in [-0.39, 0.29) is 36.9 Å². The Labute approximate surface area is 203 Å². The first-order chi connectivity index (χ1) is 16.6. The third kappa shape index (κ3) is 6.14. The molecule has 3 amide bonds. The minimum atomic E-state index is -0.848. The summed E-state index contributed by atoms with van der Waals surface area (Å²) in [4.78, 5) is 41.5. The molecule has 1 atom stereocenters. The van der Waals surface area contributed by atoms with Gasteiger partial charge in [-0.25, -0.2) is 0 Å². The zero-order valence-corrected chi connectivity index (χ0v) is 19.8. The van der Waals surface area contributed by atoms with Gasteiger partial charge in [-0.05, 0) is 42.0 Å². The maximum atomic E-state index is 13.6. The van der Waals surface area contributed by atoms with Crippen LogP contribution in [0.4, 0.5) is 0 Å². The van der Waals surface area contributed by atoms with Crippen molar-refractivity contribution in [3.8, 4) is 0 Å². The summed E-state index contributed by atoms with van der Waals surface area (Å²) >= 11 is 1.31. The molecule has 0 radical (unpaired) electrons. The molecule has 0 saturated heterocycles. The van der Waals surface area contributed by atoms with Crippen molar-refractivity contribution in [1.29, 1.82) is 0 Å². The van der Waals surface area contributed by atoms with Crippen LogP contribution in [0.1, 0.15) is 59.1 Å². The third-order valence-corrected chi connectivity index (χ3v) is 6.87. The Morgan fingerprint density at radius 3 is 2.47 bits per heavy atom. The van der Waals surface area contributed by atoms with Crippen molar-refractivity contribution in [2.45, 2.75) is 50.7 Å². The van der Waals surface area contributed by atoms with Gasteiger partial charge in [-0.2, -0.15) is 0 Å². The van der Waals surface area contributed by atoms with Gasteiger partial charge < -0.3 is 20.0 Å². The number of nitrogens with zero attached hydrogens (tertiary/aromatic N) is 1. The number of hydrogen-bond acceptors (Lipinski definition) is 5. The molecule has 0 unspecified atom stereocenters. The van der Waals surface area contributed by atoms with Crippen molar-refractivity contribution >= 4 is 29.1 Å². The number of thiophene rings is 1. The van der Waals surface area contributed by atoms with E-state index in [2.05, 4.69) is 10.6 Å². The van der Waals surface area contributed by atoms with E-state index in [4.69, 9.17) is 4.42 Å². The third-order valence-electron chi connectivity index (χ3n) is 6.00. The van der Waals surface area contributed by atoms with Crippen molar-refractivity contribution in [2.24, 2.45) is 0 Å². The molecule has 2 N–H and O–H groups in total. The second kappa shape index (κ2) is 11.7. The maximum Gasteiger partial charge on any atom is 0.261 e. The summed E-state index contributed by atoms with van der Waals surface area (Å²) in [5.74, 6) is -0.343. The lowest BCUT2D eigenvalue weighted by molar-refractivity contribution is -0.141. The number of furan rings is 1. The highest BCUT2D eigenvalue weighted by Gasteiger charge is 2.33. The second-order valence-electron chi connectivity index (χ2n) is 8.42. The van der Waals surface area contributed by atoms with Gasteiger partial charge in [0.2, 0.25) is 11.8 Å². The van der Waals surface area contributed by atoms with Crippen LogP contribution in [0.2, 0.25) is 0 Å². The molecule has 4 rings (SSSR count). The van der Waals surface area contributed by atoms with Crippen LogP contribution in [-0.2, 0) is 16.1 Å². The summed E-state index contributed by atoms with van der Waals surface area (Å²) in [5, 5.41) is 7.67. The van der Waals surface area contributed by atoms with Gasteiger partial charge in [0.1, 0.15) is 11.8 Å². The van der Waals surface area contributed by atoms with Gasteiger partial charge in [0, 0.05) is 6.04 Å². The monoisotopic (exact) mass is 479 g/mol. The molecule has 7 nitrogen and oxygen atoms in total. The van der Waals surface area contributed by atoms with Gasteiger partial charge in [0.25, 0.3) is 5.91 Å². The highest BCUT2D eigenvalue weighted by molar-refractivity contribution is 7.12. The Bertz CT molecular complexity index is 1060. The van der Waals surface area contributed by atoms with Gasteiger partial charge in [0.05, 0.1) is 24.2 Å². The average molecular weight is 480 g/mol. The van der Waals surface area contributed by atoms with Gasteiger partial charge >= 0.3 is 0 Å². The fourth-order valence-electron chi connectivity index (χ4n) is 4.28. The number of carbonyl (C=O) groups is 3. The lowest BCUT2D eigenvalue weighted by atomic mass is 9.94. The minimum Gasteiger partial charge on any atom is -0.467 e. The van der Waals surface area contributed by atoms with Crippen molar-refractivity contribution in [3.05, 3.63) is 82.4 Å². The Morgan fingerprint density at radius 2 is 1.79 bits per heavy atom. The Hall–Kier alpha value is -3.39. The van der Waals surface area contributed by atoms with Crippen LogP contribution in [0.3, 0.4) is 0 Å². The van der Waals surface area contributed by atoms with Crippen LogP contribution in [0.5, 0.6) is 0 Å². The number of benzene rings is 1. The van der Waals surface area contributed by atoms with E-state index in [1.807, 2.05) is 30.3 Å². The van der Waals surface area contributed by atoms with Crippen molar-refractivity contribution < 1.29 is 18.8 Å². The highest BCUT2D eigenvalue weighted by atomic mass is 32.1. The SMILES string of the molecule is O=C(NCC(=O)N(Cc1ccco1)[C@H](C(=O)NC1CCCCC1)c1ccccc1)c1cccs1. The molecule has 2 heterocycles. The lowest BCUT2D eigenvalue weighted by Gasteiger charge is -2.33. The van der Waals surface area contributed by atoms with Crippen LogP contribution >= 0.6 is 11.3 Å². The van der Waals surface area contributed by atoms with Crippen LogP contribution in [0.25, 0.3) is 0 Å². The second-order valence-corrected chi connectivity index (χ2v) is 9.37. The van der Waals surface area contributed by atoms with Crippen LogP contribution in [0, 0.1) is 0 Å². The fourth-order valence-corrected chi connectivity index (χ4v) is 4.92. The molecule has 0 bridgehead atoms. The molecule has 34 heavy (non-hydrogen) atoms. The summed E-state index contributed by atoms with van der Waals surface area (Å²) in [5.41, 5.74) is 0.709. The molecule has 1 aliphatic carbocycles. The number of carbonyl (C=O) groups excluding carboxylic acids is 3. The summed E-state index contributed by atoms with van der Waals surface area (Å²) in [6.45, 7) is -0.115. The van der Waals surface area contributed by atoms with E-state index in [9.17, 15) is 14.4 Å². The fraction of sp³-hybridized carbons (Fsp3) is 0.346. The summed E-state index contributed by atoms with van der Waals surface area (Å²) < 4.78 is 5.50. The molecule has 2 aromatic heterocycles. The zero-order chi connectivity index (χ0) is 23.8. The van der Waals surface area contributed by atoms with E-state index < -0.39 is 6.04 Å². The molecule has 178 valence electrons. The summed E-state index contributed by atoms with van der Waals surface area (Å²) in [6, 6.07) is 15.5. The van der Waals surface area contributed by atoms with E-state index in [1.54, 1.807) is 29.6 Å². The Kier molecular flexibility index (Phi) is 8.14. The van der Waals surface area contributed by atoms with Crippen LogP contribution in [-0.4, -0.2) is 35.2 Å². The summed E-state index contributed by atoms with van der Waals surface area (Å²) in [6.07, 6.45) is 6.78. The Morgan fingerprint density at radius 1 is 1.00 bits per heavy atom. The van der Waals surface area contributed by atoms with Gasteiger partial charge in [-0.1, -0.05) is 55.7 Å². The topological polar surface area (TPSA) is 91.7 Å². The first kappa shape index (κ1) is 23.8. The molecule has 8 heteroatoms. The molecule has 1 aromatic carbocycles. The molecule has 0 aliphatic heterocycles. The van der Waals surface area contributed by atoms with Gasteiger partial charge in [-0.15, -0.1) is 11.3 Å². The van der Waals surface area contributed by atoms with Crippen LogP contribution in [0.15, 0.2) is 70.7 Å². The van der Waals surface area contributed by atoms with E-state index in [0.717, 1.165) is 25.7 Å². The summed E-state index contributed by atoms with van der Waals surface area (Å²) in [7, 11) is 0. The predicted octanol–water partition coefficient (Wildman–Crippen LogP) is 4.29. The van der Waals surface area contributed by atoms with E-state index in [1.165, 1.54) is 28.9 Å². The van der Waals surface area contributed by atoms with Crippen molar-refractivity contribution in [1.82, 2.24) is 15.5 Å². The molecular formula is C26H29N3O4S. The average Bonchev–Trinajstić information content (AvgIpc) is 3.58.